The Balaban J connectivity index is 1.69. The number of ether oxygens (including phenoxy) is 1. The van der Waals surface area contributed by atoms with E-state index < -0.39 is 33.9 Å². The van der Waals surface area contributed by atoms with Crippen LogP contribution < -0.4 is 15.1 Å². The Hall–Kier alpha value is -2.05. The van der Waals surface area contributed by atoms with E-state index in [1.807, 2.05) is 13.8 Å². The number of sulfonamides is 1. The molecule has 1 N–H and O–H groups in total. The van der Waals surface area contributed by atoms with Gasteiger partial charge in [0.1, 0.15) is 11.8 Å². The number of benzene rings is 1. The Morgan fingerprint density at radius 1 is 1.22 bits per heavy atom. The molecule has 8 nitrogen and oxygen atoms in total. The van der Waals surface area contributed by atoms with Gasteiger partial charge in [-0.25, -0.2) is 22.0 Å². The number of amides is 1. The summed E-state index contributed by atoms with van der Waals surface area (Å²) in [6, 6.07) is 2.20. The summed E-state index contributed by atoms with van der Waals surface area (Å²) in [5.41, 5.74) is -0.162. The van der Waals surface area contributed by atoms with Gasteiger partial charge in [-0.1, -0.05) is 26.1 Å². The molecule has 32 heavy (non-hydrogen) atoms. The third kappa shape index (κ3) is 5.29. The number of nitrogens with one attached hydrogen (secondary N) is 1. The fourth-order valence-electron chi connectivity index (χ4n) is 3.64. The van der Waals surface area contributed by atoms with Crippen LogP contribution in [-0.2, 0) is 14.8 Å². The number of cyclic esters (lactones) is 1. The van der Waals surface area contributed by atoms with E-state index >= 15 is 0 Å². The van der Waals surface area contributed by atoms with Crippen LogP contribution in [0.15, 0.2) is 12.1 Å². The molecule has 0 saturated carbocycles. The molecule has 0 unspecified atom stereocenters. The molecule has 0 aromatic heterocycles. The van der Waals surface area contributed by atoms with Crippen molar-refractivity contribution in [2.45, 2.75) is 26.9 Å². The van der Waals surface area contributed by atoms with Crippen molar-refractivity contribution in [2.24, 2.45) is 5.92 Å². The van der Waals surface area contributed by atoms with Crippen molar-refractivity contribution in [3.63, 3.8) is 0 Å². The minimum atomic E-state index is -3.34. The van der Waals surface area contributed by atoms with Crippen LogP contribution >= 0.6 is 12.2 Å². The highest BCUT2D eigenvalue weighted by Crippen LogP contribution is 2.31. The molecule has 2 saturated heterocycles. The number of nitrogens with zero attached hydrogens (tertiary/aromatic N) is 3. The standard InChI is InChI=1S/C20H28F2N4O4S2/c1-4-32(28,29)25-7-5-24(6-8-25)18-16(21)9-14(10-17(18)22)26-12-15(30-20(26)27)11-23-19(31)13(2)3/h9-10,13,15H,4-8,11-12H2,1-3H3,(H,23,31)/t15-/m0/s1. The summed E-state index contributed by atoms with van der Waals surface area (Å²) in [7, 11) is -3.34. The van der Waals surface area contributed by atoms with E-state index in [0.717, 1.165) is 12.1 Å². The number of thiocarbonyl (C=S) groups is 1. The Morgan fingerprint density at radius 3 is 2.34 bits per heavy atom. The zero-order valence-corrected chi connectivity index (χ0v) is 19.9. The molecule has 178 valence electrons. The van der Waals surface area contributed by atoms with Crippen molar-refractivity contribution in [3.05, 3.63) is 23.8 Å². The van der Waals surface area contributed by atoms with Gasteiger partial charge in [0.15, 0.2) is 11.6 Å². The number of hydrogen-bond acceptors (Lipinski definition) is 6. The summed E-state index contributed by atoms with van der Waals surface area (Å²) in [4.78, 5) is 15.6. The van der Waals surface area contributed by atoms with Crippen LogP contribution in [0.1, 0.15) is 20.8 Å². The van der Waals surface area contributed by atoms with Crippen LogP contribution in [0.3, 0.4) is 0 Å². The van der Waals surface area contributed by atoms with E-state index in [-0.39, 0.29) is 55.8 Å². The molecule has 12 heteroatoms. The molecule has 2 fully saturated rings. The van der Waals surface area contributed by atoms with E-state index in [4.69, 9.17) is 17.0 Å². The fraction of sp³-hybridized carbons (Fsp3) is 0.600. The highest BCUT2D eigenvalue weighted by Gasteiger charge is 2.34. The first kappa shape index (κ1) is 24.6. The van der Waals surface area contributed by atoms with Crippen molar-refractivity contribution >= 4 is 44.7 Å². The lowest BCUT2D eigenvalue weighted by Gasteiger charge is -2.35. The molecule has 2 aliphatic rings. The van der Waals surface area contributed by atoms with Crippen molar-refractivity contribution < 1.29 is 26.7 Å². The summed E-state index contributed by atoms with van der Waals surface area (Å²) in [6.07, 6.45) is -1.18. The smallest absolute Gasteiger partial charge is 0.414 e. The highest BCUT2D eigenvalue weighted by molar-refractivity contribution is 7.89. The van der Waals surface area contributed by atoms with Crippen LogP contribution in [0.4, 0.5) is 25.0 Å². The zero-order chi connectivity index (χ0) is 23.6. The SMILES string of the molecule is CCS(=O)(=O)N1CCN(c2c(F)cc(N3C[C@H](CNC(=S)C(C)C)OC3=O)cc2F)CC1. The van der Waals surface area contributed by atoms with Crippen molar-refractivity contribution in [3.8, 4) is 0 Å². The second-order valence-electron chi connectivity index (χ2n) is 8.06. The summed E-state index contributed by atoms with van der Waals surface area (Å²) in [5, 5.41) is 3.04. The van der Waals surface area contributed by atoms with Crippen LogP contribution in [0.2, 0.25) is 0 Å². The van der Waals surface area contributed by atoms with Crippen LogP contribution in [-0.4, -0.2) is 74.9 Å². The minimum Gasteiger partial charge on any atom is -0.442 e. The Kier molecular flexibility index (Phi) is 7.56. The molecule has 0 aliphatic carbocycles. The van der Waals surface area contributed by atoms with Gasteiger partial charge in [-0.3, -0.25) is 4.90 Å². The van der Waals surface area contributed by atoms with E-state index in [1.165, 1.54) is 14.1 Å². The zero-order valence-electron chi connectivity index (χ0n) is 18.3. The average Bonchev–Trinajstić information content (AvgIpc) is 3.12. The molecule has 1 aromatic carbocycles. The Morgan fingerprint density at radius 2 is 1.81 bits per heavy atom. The second kappa shape index (κ2) is 9.84. The Labute approximate surface area is 192 Å². The van der Waals surface area contributed by atoms with Gasteiger partial charge < -0.3 is 15.0 Å². The van der Waals surface area contributed by atoms with Gasteiger partial charge in [-0.15, -0.1) is 0 Å². The monoisotopic (exact) mass is 490 g/mol. The van der Waals surface area contributed by atoms with Crippen molar-refractivity contribution in [1.82, 2.24) is 9.62 Å². The molecule has 1 atom stereocenters. The molecule has 1 amide bonds. The van der Waals surface area contributed by atoms with Crippen LogP contribution in [0, 0.1) is 17.6 Å². The molecule has 0 spiro atoms. The third-order valence-corrected chi connectivity index (χ3v) is 8.03. The molecular formula is C20H28F2N4O4S2. The first-order chi connectivity index (χ1) is 15.0. The summed E-state index contributed by atoms with van der Waals surface area (Å²) >= 11 is 5.20. The summed E-state index contributed by atoms with van der Waals surface area (Å²) in [6.45, 7) is 6.54. The van der Waals surface area contributed by atoms with E-state index in [9.17, 15) is 22.0 Å². The van der Waals surface area contributed by atoms with Gasteiger partial charge in [0.05, 0.1) is 29.5 Å². The predicted octanol–water partition coefficient (Wildman–Crippen LogP) is 2.33. The minimum absolute atomic E-state index is 0.0177. The van der Waals surface area contributed by atoms with E-state index in [1.54, 1.807) is 6.92 Å². The normalized spacial score (nSPS) is 20.1. The topological polar surface area (TPSA) is 82.2 Å². The third-order valence-electron chi connectivity index (χ3n) is 5.53. The molecule has 0 radical (unpaired) electrons. The summed E-state index contributed by atoms with van der Waals surface area (Å²) < 4.78 is 60.4. The number of halogens is 2. The quantitative estimate of drug-likeness (QED) is 0.588. The predicted molar refractivity (Wildman–Crippen MR) is 123 cm³/mol. The molecule has 3 rings (SSSR count). The maximum atomic E-state index is 14.9. The summed E-state index contributed by atoms with van der Waals surface area (Å²) in [5.74, 6) is -1.50. The largest absolute Gasteiger partial charge is 0.442 e. The lowest BCUT2D eigenvalue weighted by molar-refractivity contribution is 0.143. The molecule has 2 aliphatic heterocycles. The maximum Gasteiger partial charge on any atom is 0.414 e. The first-order valence-corrected chi connectivity index (χ1v) is 12.5. The number of carbonyl (C=O) groups is 1. The molecule has 0 bridgehead atoms. The number of anilines is 2. The van der Waals surface area contributed by atoms with Crippen LogP contribution in [0.25, 0.3) is 0 Å². The fourth-order valence-corrected chi connectivity index (χ4v) is 4.81. The highest BCUT2D eigenvalue weighted by atomic mass is 32.2. The van der Waals surface area contributed by atoms with E-state index in [2.05, 4.69) is 5.32 Å². The van der Waals surface area contributed by atoms with Gasteiger partial charge in [0.2, 0.25) is 10.0 Å². The number of carbonyl (C=O) groups excluding carboxylic acids is 1. The van der Waals surface area contributed by atoms with Crippen molar-refractivity contribution in [2.75, 3.05) is 54.8 Å². The first-order valence-electron chi connectivity index (χ1n) is 10.5. The van der Waals surface area contributed by atoms with Gasteiger partial charge in [0.25, 0.3) is 0 Å². The lowest BCUT2D eigenvalue weighted by atomic mass is 10.2. The van der Waals surface area contributed by atoms with Gasteiger partial charge in [-0.05, 0) is 6.92 Å². The Bertz CT molecular complexity index is 959. The average molecular weight is 491 g/mol. The van der Waals surface area contributed by atoms with E-state index in [0.29, 0.717) is 11.5 Å². The molecule has 1 aromatic rings. The number of rotatable bonds is 7. The molecular weight excluding hydrogens is 462 g/mol. The number of hydrogen-bond donors (Lipinski definition) is 1. The maximum absolute atomic E-state index is 14.9. The lowest BCUT2D eigenvalue weighted by Crippen LogP contribution is -2.49. The molecule has 2 heterocycles. The number of piperazine rings is 1. The van der Waals surface area contributed by atoms with Crippen LogP contribution in [0.5, 0.6) is 0 Å². The van der Waals surface area contributed by atoms with Crippen molar-refractivity contribution in [1.29, 1.82) is 0 Å². The second-order valence-corrected chi connectivity index (χ2v) is 10.8. The van der Waals surface area contributed by atoms with Gasteiger partial charge >= 0.3 is 6.09 Å². The van der Waals surface area contributed by atoms with Gasteiger partial charge in [0, 0.05) is 44.2 Å². The van der Waals surface area contributed by atoms with Gasteiger partial charge in [-0.2, -0.15) is 4.31 Å².